The lowest BCUT2D eigenvalue weighted by Crippen LogP contribution is -2.05. The first-order chi connectivity index (χ1) is 8.22. The van der Waals surface area contributed by atoms with Crippen LogP contribution in [0.5, 0.6) is 5.75 Å². The molecule has 0 N–H and O–H groups in total. The Labute approximate surface area is 111 Å². The van der Waals surface area contributed by atoms with Crippen LogP contribution in [0.3, 0.4) is 0 Å². The molecule has 0 fully saturated rings. The van der Waals surface area contributed by atoms with Crippen molar-refractivity contribution in [3.05, 3.63) is 40.8 Å². The number of methoxy groups -OCH3 is 1. The minimum Gasteiger partial charge on any atom is -0.497 e. The van der Waals surface area contributed by atoms with Gasteiger partial charge in [-0.15, -0.1) is 11.8 Å². The number of benzene rings is 1. The number of ether oxygens (including phenoxy) is 1. The van der Waals surface area contributed by atoms with E-state index in [1.165, 1.54) is 0 Å². The van der Waals surface area contributed by atoms with E-state index in [0.29, 0.717) is 5.56 Å². The van der Waals surface area contributed by atoms with Gasteiger partial charge in [0.15, 0.2) is 5.78 Å². The predicted octanol–water partition coefficient (Wildman–Crippen LogP) is 3.49. The molecule has 0 unspecified atom stereocenters. The molecule has 4 heteroatoms. The molecule has 0 radical (unpaired) electrons. The largest absolute Gasteiger partial charge is 0.497 e. The zero-order valence-electron chi connectivity index (χ0n) is 10.2. The lowest BCUT2D eigenvalue weighted by molar-refractivity contribution is 0.103. The molecule has 0 aliphatic heterocycles. The Balaban J connectivity index is 2.89. The van der Waals surface area contributed by atoms with Crippen LogP contribution in [0.2, 0.25) is 0 Å². The van der Waals surface area contributed by atoms with E-state index in [2.05, 4.69) is 0 Å². The van der Waals surface area contributed by atoms with Crippen molar-refractivity contribution in [3.8, 4) is 5.75 Å². The lowest BCUT2D eigenvalue weighted by atomic mass is 10.1. The van der Waals surface area contributed by atoms with Crippen LogP contribution in [-0.4, -0.2) is 31.2 Å². The highest BCUT2D eigenvalue weighted by atomic mass is 32.2. The normalized spacial score (nSPS) is 11.4. The Morgan fingerprint density at radius 3 is 2.41 bits per heavy atom. The summed E-state index contributed by atoms with van der Waals surface area (Å²) in [7, 11) is 1.61. The van der Waals surface area contributed by atoms with Crippen molar-refractivity contribution in [2.24, 2.45) is 0 Å². The van der Waals surface area contributed by atoms with Crippen LogP contribution in [0.25, 0.3) is 0 Å². The van der Waals surface area contributed by atoms with E-state index in [4.69, 9.17) is 4.74 Å². The third kappa shape index (κ3) is 4.13. The standard InChI is InChI=1S/C13H16O2S2/c1-15-12-6-4-10(5-7-12)13(14)11(8-16-2)9-17-3/h4-8H,9H2,1-3H3/b11-8+. The fraction of sp³-hybridized carbons (Fsp3) is 0.308. The van der Waals surface area contributed by atoms with Crippen molar-refractivity contribution in [2.75, 3.05) is 25.4 Å². The average Bonchev–Trinajstić information content (AvgIpc) is 2.38. The van der Waals surface area contributed by atoms with E-state index in [-0.39, 0.29) is 5.78 Å². The molecule has 0 bridgehead atoms. The fourth-order valence-electron chi connectivity index (χ4n) is 1.38. The second-order valence-electron chi connectivity index (χ2n) is 3.37. The van der Waals surface area contributed by atoms with Gasteiger partial charge in [-0.3, -0.25) is 4.79 Å². The summed E-state index contributed by atoms with van der Waals surface area (Å²) in [5.41, 5.74) is 1.55. The number of rotatable bonds is 6. The summed E-state index contributed by atoms with van der Waals surface area (Å²) in [6.45, 7) is 0. The topological polar surface area (TPSA) is 26.3 Å². The maximum Gasteiger partial charge on any atom is 0.190 e. The summed E-state index contributed by atoms with van der Waals surface area (Å²) in [4.78, 5) is 12.2. The molecule has 0 atom stereocenters. The quantitative estimate of drug-likeness (QED) is 0.583. The molecule has 0 aromatic heterocycles. The predicted molar refractivity (Wildman–Crippen MR) is 77.3 cm³/mol. The molecule has 0 spiro atoms. The molecular formula is C13H16O2S2. The highest BCUT2D eigenvalue weighted by Gasteiger charge is 2.11. The molecule has 0 heterocycles. The minimum absolute atomic E-state index is 0.0938. The molecule has 1 rings (SSSR count). The van der Waals surface area contributed by atoms with Crippen LogP contribution < -0.4 is 4.74 Å². The van der Waals surface area contributed by atoms with Crippen molar-refractivity contribution in [2.45, 2.75) is 0 Å². The Kier molecular flexibility index (Phi) is 6.22. The second-order valence-corrected chi connectivity index (χ2v) is 4.94. The Bertz CT molecular complexity index is 396. The van der Waals surface area contributed by atoms with Gasteiger partial charge in [-0.05, 0) is 42.2 Å². The molecule has 0 saturated heterocycles. The van der Waals surface area contributed by atoms with Crippen LogP contribution >= 0.6 is 23.5 Å². The first kappa shape index (κ1) is 14.2. The summed E-state index contributed by atoms with van der Waals surface area (Å²) in [5.74, 6) is 1.60. The molecule has 0 aliphatic carbocycles. The zero-order valence-corrected chi connectivity index (χ0v) is 11.9. The maximum absolute atomic E-state index is 12.2. The number of thioether (sulfide) groups is 2. The first-order valence-electron chi connectivity index (χ1n) is 5.12. The van der Waals surface area contributed by atoms with Crippen LogP contribution in [0, 0.1) is 0 Å². The SMILES string of the molecule is COc1ccc(C(=O)/C(=C/SC)CSC)cc1. The second kappa shape index (κ2) is 7.45. The van der Waals surface area contributed by atoms with Crippen molar-refractivity contribution >= 4 is 29.3 Å². The van der Waals surface area contributed by atoms with E-state index < -0.39 is 0 Å². The highest BCUT2D eigenvalue weighted by Crippen LogP contribution is 2.18. The van der Waals surface area contributed by atoms with Gasteiger partial charge >= 0.3 is 0 Å². The molecule has 1 aromatic rings. The van der Waals surface area contributed by atoms with E-state index in [1.807, 2.05) is 30.1 Å². The van der Waals surface area contributed by atoms with Crippen LogP contribution in [0.1, 0.15) is 10.4 Å². The van der Waals surface area contributed by atoms with Gasteiger partial charge in [-0.2, -0.15) is 11.8 Å². The van der Waals surface area contributed by atoms with Gasteiger partial charge in [0, 0.05) is 16.9 Å². The number of ketones is 1. The van der Waals surface area contributed by atoms with Gasteiger partial charge in [0.05, 0.1) is 7.11 Å². The summed E-state index contributed by atoms with van der Waals surface area (Å²) in [5, 5.41) is 1.92. The number of Topliss-reactive ketones (excluding diaryl/α,β-unsaturated/α-hetero) is 1. The fourth-order valence-corrected chi connectivity index (χ4v) is 2.48. The van der Waals surface area contributed by atoms with E-state index in [1.54, 1.807) is 42.8 Å². The molecule has 0 amide bonds. The van der Waals surface area contributed by atoms with E-state index >= 15 is 0 Å². The van der Waals surface area contributed by atoms with E-state index in [0.717, 1.165) is 17.1 Å². The molecular weight excluding hydrogens is 252 g/mol. The van der Waals surface area contributed by atoms with Crippen LogP contribution in [-0.2, 0) is 0 Å². The summed E-state index contributed by atoms with van der Waals surface area (Å²) < 4.78 is 5.07. The van der Waals surface area contributed by atoms with Gasteiger partial charge in [0.1, 0.15) is 5.75 Å². The molecule has 0 saturated carbocycles. The molecule has 92 valence electrons. The van der Waals surface area contributed by atoms with Gasteiger partial charge < -0.3 is 4.74 Å². The van der Waals surface area contributed by atoms with Gasteiger partial charge in [-0.1, -0.05) is 0 Å². The van der Waals surface area contributed by atoms with Gasteiger partial charge in [0.25, 0.3) is 0 Å². The molecule has 17 heavy (non-hydrogen) atoms. The van der Waals surface area contributed by atoms with Gasteiger partial charge in [-0.25, -0.2) is 0 Å². The number of carbonyl (C=O) groups is 1. The lowest BCUT2D eigenvalue weighted by Gasteiger charge is -2.06. The first-order valence-corrected chi connectivity index (χ1v) is 7.80. The highest BCUT2D eigenvalue weighted by molar-refractivity contribution is 8.01. The third-order valence-corrected chi connectivity index (χ3v) is 3.32. The van der Waals surface area contributed by atoms with Crippen LogP contribution in [0.15, 0.2) is 35.2 Å². The summed E-state index contributed by atoms with van der Waals surface area (Å²) in [6.07, 6.45) is 3.96. The van der Waals surface area contributed by atoms with Gasteiger partial charge in [0.2, 0.25) is 0 Å². The summed E-state index contributed by atoms with van der Waals surface area (Å²) >= 11 is 3.21. The van der Waals surface area contributed by atoms with Crippen molar-refractivity contribution in [3.63, 3.8) is 0 Å². The Morgan fingerprint density at radius 1 is 1.29 bits per heavy atom. The Morgan fingerprint density at radius 2 is 1.94 bits per heavy atom. The maximum atomic E-state index is 12.2. The molecule has 1 aromatic carbocycles. The monoisotopic (exact) mass is 268 g/mol. The number of hydrogen-bond donors (Lipinski definition) is 0. The van der Waals surface area contributed by atoms with Crippen LogP contribution in [0.4, 0.5) is 0 Å². The third-order valence-electron chi connectivity index (χ3n) is 2.20. The number of carbonyl (C=O) groups excluding carboxylic acids is 1. The zero-order chi connectivity index (χ0) is 12.7. The smallest absolute Gasteiger partial charge is 0.190 e. The summed E-state index contributed by atoms with van der Waals surface area (Å²) in [6, 6.07) is 7.22. The van der Waals surface area contributed by atoms with Crippen molar-refractivity contribution < 1.29 is 9.53 Å². The van der Waals surface area contributed by atoms with Crippen molar-refractivity contribution in [1.82, 2.24) is 0 Å². The van der Waals surface area contributed by atoms with Crippen molar-refractivity contribution in [1.29, 1.82) is 0 Å². The number of hydrogen-bond acceptors (Lipinski definition) is 4. The average molecular weight is 268 g/mol. The van der Waals surface area contributed by atoms with E-state index in [9.17, 15) is 4.79 Å². The Hall–Kier alpha value is -0.870. The molecule has 2 nitrogen and oxygen atoms in total. The minimum atomic E-state index is 0.0938. The molecule has 0 aliphatic rings.